The van der Waals surface area contributed by atoms with Gasteiger partial charge in [-0.2, -0.15) is 0 Å². The number of hydrogen-bond acceptors (Lipinski definition) is 2. The Hall–Kier alpha value is -2.04. The van der Waals surface area contributed by atoms with Crippen LogP contribution >= 0.6 is 11.6 Å². The molecular weight excluding hydrogens is 322 g/mol. The molecular formula is C19H24ClN3O. The van der Waals surface area contributed by atoms with Crippen molar-refractivity contribution in [2.75, 3.05) is 20.7 Å². The molecule has 4 nitrogen and oxygen atoms in total. The van der Waals surface area contributed by atoms with Gasteiger partial charge in [-0.05, 0) is 35.2 Å². The van der Waals surface area contributed by atoms with Crippen molar-refractivity contribution in [3.63, 3.8) is 0 Å². The van der Waals surface area contributed by atoms with Gasteiger partial charge < -0.3 is 15.4 Å². The predicted molar refractivity (Wildman–Crippen MR) is 101 cm³/mol. The molecule has 2 aromatic carbocycles. The van der Waals surface area contributed by atoms with E-state index >= 15 is 0 Å². The number of methoxy groups -OCH3 is 1. The molecule has 128 valence electrons. The SMILES string of the molecule is CN=C(NCCc1ccc(Cl)cc1)NCc1ccc(COC)cc1. The average molecular weight is 346 g/mol. The van der Waals surface area contributed by atoms with Crippen LogP contribution in [0.1, 0.15) is 16.7 Å². The van der Waals surface area contributed by atoms with Crippen molar-refractivity contribution in [3.05, 3.63) is 70.2 Å². The number of nitrogens with one attached hydrogen (secondary N) is 2. The minimum atomic E-state index is 0.641. The molecule has 0 atom stereocenters. The standard InChI is InChI=1S/C19H24ClN3O/c1-21-19(22-12-11-15-7-9-18(20)10-8-15)23-13-16-3-5-17(6-4-16)14-24-2/h3-10H,11-14H2,1-2H3,(H2,21,22,23). The molecule has 24 heavy (non-hydrogen) atoms. The summed E-state index contributed by atoms with van der Waals surface area (Å²) in [5.41, 5.74) is 3.62. The summed E-state index contributed by atoms with van der Waals surface area (Å²) in [6.45, 7) is 2.18. The average Bonchev–Trinajstić information content (AvgIpc) is 2.61. The lowest BCUT2D eigenvalue weighted by Gasteiger charge is -2.12. The Morgan fingerprint density at radius 1 is 0.958 bits per heavy atom. The smallest absolute Gasteiger partial charge is 0.191 e. The van der Waals surface area contributed by atoms with Crippen LogP contribution in [-0.2, 0) is 24.3 Å². The number of aliphatic imine (C=N–C) groups is 1. The largest absolute Gasteiger partial charge is 0.380 e. The zero-order valence-corrected chi connectivity index (χ0v) is 14.9. The van der Waals surface area contributed by atoms with Crippen molar-refractivity contribution in [2.45, 2.75) is 19.6 Å². The summed E-state index contributed by atoms with van der Waals surface area (Å²) in [4.78, 5) is 4.25. The Labute approximate surface area is 148 Å². The fourth-order valence-electron chi connectivity index (χ4n) is 2.30. The lowest BCUT2D eigenvalue weighted by molar-refractivity contribution is 0.185. The second kappa shape index (κ2) is 9.96. The number of ether oxygens (including phenoxy) is 1. The van der Waals surface area contributed by atoms with E-state index in [1.54, 1.807) is 14.2 Å². The number of hydrogen-bond donors (Lipinski definition) is 2. The summed E-state index contributed by atoms with van der Waals surface area (Å²) in [6, 6.07) is 16.3. The van der Waals surface area contributed by atoms with Crippen LogP contribution in [0.4, 0.5) is 0 Å². The molecule has 0 fully saturated rings. The quantitative estimate of drug-likeness (QED) is 0.597. The number of benzene rings is 2. The Morgan fingerprint density at radius 3 is 2.21 bits per heavy atom. The van der Waals surface area contributed by atoms with Crippen LogP contribution in [0, 0.1) is 0 Å². The Morgan fingerprint density at radius 2 is 1.58 bits per heavy atom. The van der Waals surface area contributed by atoms with Crippen LogP contribution in [0.15, 0.2) is 53.5 Å². The van der Waals surface area contributed by atoms with Crippen molar-refractivity contribution in [1.29, 1.82) is 0 Å². The molecule has 2 rings (SSSR count). The fourth-order valence-corrected chi connectivity index (χ4v) is 2.43. The second-order valence-corrected chi connectivity index (χ2v) is 5.91. The molecule has 0 aliphatic carbocycles. The molecule has 0 spiro atoms. The minimum Gasteiger partial charge on any atom is -0.380 e. The highest BCUT2D eigenvalue weighted by molar-refractivity contribution is 6.30. The van der Waals surface area contributed by atoms with Crippen LogP contribution in [0.25, 0.3) is 0 Å². The van der Waals surface area contributed by atoms with Gasteiger partial charge in [-0.1, -0.05) is 48.0 Å². The first-order valence-corrected chi connectivity index (χ1v) is 8.35. The normalized spacial score (nSPS) is 11.4. The summed E-state index contributed by atoms with van der Waals surface area (Å²) < 4.78 is 5.12. The van der Waals surface area contributed by atoms with Gasteiger partial charge in [-0.3, -0.25) is 4.99 Å². The van der Waals surface area contributed by atoms with Gasteiger partial charge in [0.25, 0.3) is 0 Å². The molecule has 0 bridgehead atoms. The summed E-state index contributed by atoms with van der Waals surface area (Å²) in [7, 11) is 3.48. The Balaban J connectivity index is 1.74. The molecule has 0 aliphatic rings. The highest BCUT2D eigenvalue weighted by Crippen LogP contribution is 2.09. The van der Waals surface area contributed by atoms with Crippen LogP contribution in [0.2, 0.25) is 5.02 Å². The third-order valence-corrected chi connectivity index (χ3v) is 3.89. The summed E-state index contributed by atoms with van der Waals surface area (Å²) in [5, 5.41) is 7.40. The lowest BCUT2D eigenvalue weighted by atomic mass is 10.1. The van der Waals surface area contributed by atoms with E-state index < -0.39 is 0 Å². The van der Waals surface area contributed by atoms with Gasteiger partial charge in [0.1, 0.15) is 0 Å². The maximum absolute atomic E-state index is 5.89. The zero-order valence-electron chi connectivity index (χ0n) is 14.2. The van der Waals surface area contributed by atoms with Crippen LogP contribution in [0.3, 0.4) is 0 Å². The van der Waals surface area contributed by atoms with Gasteiger partial charge >= 0.3 is 0 Å². The Bertz CT molecular complexity index is 639. The predicted octanol–water partition coefficient (Wildman–Crippen LogP) is 3.39. The number of nitrogens with zero attached hydrogens (tertiary/aromatic N) is 1. The summed E-state index contributed by atoms with van der Waals surface area (Å²) >= 11 is 5.89. The molecule has 5 heteroatoms. The lowest BCUT2D eigenvalue weighted by Crippen LogP contribution is -2.37. The minimum absolute atomic E-state index is 0.641. The third-order valence-electron chi connectivity index (χ3n) is 3.64. The molecule has 2 aromatic rings. The van der Waals surface area contributed by atoms with E-state index in [1.807, 2.05) is 24.3 Å². The number of halogens is 1. The van der Waals surface area contributed by atoms with Crippen molar-refractivity contribution in [3.8, 4) is 0 Å². The Kier molecular flexibility index (Phi) is 7.59. The molecule has 2 N–H and O–H groups in total. The topological polar surface area (TPSA) is 45.7 Å². The van der Waals surface area contributed by atoms with E-state index in [0.717, 1.165) is 30.5 Å². The van der Waals surface area contributed by atoms with Gasteiger partial charge in [0, 0.05) is 32.3 Å². The maximum Gasteiger partial charge on any atom is 0.191 e. The van der Waals surface area contributed by atoms with Crippen molar-refractivity contribution < 1.29 is 4.74 Å². The first-order valence-electron chi connectivity index (χ1n) is 7.97. The van der Waals surface area contributed by atoms with Crippen molar-refractivity contribution in [2.24, 2.45) is 4.99 Å². The van der Waals surface area contributed by atoms with E-state index in [9.17, 15) is 0 Å². The molecule has 0 heterocycles. The highest BCUT2D eigenvalue weighted by atomic mass is 35.5. The first kappa shape index (κ1) is 18.3. The number of rotatable bonds is 7. The number of guanidine groups is 1. The van der Waals surface area contributed by atoms with Crippen LogP contribution < -0.4 is 10.6 Å². The summed E-state index contributed by atoms with van der Waals surface area (Å²) in [5.74, 6) is 0.796. The zero-order chi connectivity index (χ0) is 17.2. The van der Waals surface area contributed by atoms with E-state index in [0.29, 0.717) is 6.61 Å². The van der Waals surface area contributed by atoms with E-state index in [2.05, 4.69) is 39.9 Å². The van der Waals surface area contributed by atoms with Crippen molar-refractivity contribution >= 4 is 17.6 Å². The molecule has 0 saturated heterocycles. The van der Waals surface area contributed by atoms with Gasteiger partial charge in [0.2, 0.25) is 0 Å². The van der Waals surface area contributed by atoms with Crippen LogP contribution in [0.5, 0.6) is 0 Å². The second-order valence-electron chi connectivity index (χ2n) is 5.48. The van der Waals surface area contributed by atoms with Crippen molar-refractivity contribution in [1.82, 2.24) is 10.6 Å². The fraction of sp³-hybridized carbons (Fsp3) is 0.316. The first-order chi connectivity index (χ1) is 11.7. The van der Waals surface area contributed by atoms with Gasteiger partial charge in [-0.15, -0.1) is 0 Å². The van der Waals surface area contributed by atoms with E-state index in [1.165, 1.54) is 16.7 Å². The molecule has 0 radical (unpaired) electrons. The monoisotopic (exact) mass is 345 g/mol. The molecule has 0 amide bonds. The molecule has 0 aromatic heterocycles. The molecule has 0 unspecified atom stereocenters. The van der Waals surface area contributed by atoms with Gasteiger partial charge in [-0.25, -0.2) is 0 Å². The van der Waals surface area contributed by atoms with Gasteiger partial charge in [0.05, 0.1) is 6.61 Å². The van der Waals surface area contributed by atoms with E-state index in [-0.39, 0.29) is 0 Å². The van der Waals surface area contributed by atoms with Crippen LogP contribution in [-0.4, -0.2) is 26.7 Å². The highest BCUT2D eigenvalue weighted by Gasteiger charge is 2.00. The van der Waals surface area contributed by atoms with Gasteiger partial charge in [0.15, 0.2) is 5.96 Å². The third kappa shape index (κ3) is 6.22. The molecule has 0 saturated carbocycles. The van der Waals surface area contributed by atoms with E-state index in [4.69, 9.17) is 16.3 Å². The molecule has 0 aliphatic heterocycles. The summed E-state index contributed by atoms with van der Waals surface area (Å²) in [6.07, 6.45) is 0.920. The maximum atomic E-state index is 5.89.